The van der Waals surface area contributed by atoms with E-state index in [1.807, 2.05) is 0 Å². The van der Waals surface area contributed by atoms with E-state index >= 15 is 0 Å². The summed E-state index contributed by atoms with van der Waals surface area (Å²) in [5.74, 6) is -1.64. The van der Waals surface area contributed by atoms with Gasteiger partial charge in [0.2, 0.25) is 5.95 Å². The lowest BCUT2D eigenvalue weighted by Crippen LogP contribution is -2.50. The number of rotatable bonds is 2. The van der Waals surface area contributed by atoms with Gasteiger partial charge in [0, 0.05) is 6.20 Å². The number of halogens is 1. The zero-order chi connectivity index (χ0) is 11.1. The summed E-state index contributed by atoms with van der Waals surface area (Å²) in [7, 11) is 0. The van der Waals surface area contributed by atoms with E-state index in [1.54, 1.807) is 0 Å². The lowest BCUT2D eigenvalue weighted by atomic mass is 9.63. The Morgan fingerprint density at radius 2 is 2.20 bits per heavy atom. The van der Waals surface area contributed by atoms with E-state index in [1.165, 1.54) is 12.3 Å². The number of carbonyl (C=O) groups is 1. The molecule has 0 spiro atoms. The first kappa shape index (κ1) is 10.0. The van der Waals surface area contributed by atoms with Gasteiger partial charge in [0.05, 0.1) is 11.5 Å². The Bertz CT molecular complexity index is 384. The van der Waals surface area contributed by atoms with Crippen molar-refractivity contribution in [3.05, 3.63) is 29.8 Å². The fourth-order valence-electron chi connectivity index (χ4n) is 1.94. The average Bonchev–Trinajstić information content (AvgIpc) is 2.13. The van der Waals surface area contributed by atoms with Gasteiger partial charge in [0.25, 0.3) is 0 Å². The smallest absolute Gasteiger partial charge is 0.314 e. The molecular weight excluding hydrogens is 201 g/mol. The number of hydrogen-bond acceptors (Lipinski definition) is 3. The van der Waals surface area contributed by atoms with Gasteiger partial charge in [-0.3, -0.25) is 4.79 Å². The van der Waals surface area contributed by atoms with Crippen LogP contribution in [-0.2, 0) is 10.2 Å². The van der Waals surface area contributed by atoms with Crippen LogP contribution in [0.2, 0.25) is 0 Å². The highest BCUT2D eigenvalue weighted by Gasteiger charge is 2.51. The van der Waals surface area contributed by atoms with E-state index in [2.05, 4.69) is 4.98 Å². The van der Waals surface area contributed by atoms with Gasteiger partial charge in [0.1, 0.15) is 0 Å². The molecule has 0 aliphatic heterocycles. The molecule has 0 radical (unpaired) electrons. The van der Waals surface area contributed by atoms with Crippen LogP contribution in [0, 0.1) is 5.95 Å². The summed E-state index contributed by atoms with van der Waals surface area (Å²) in [6.07, 6.45) is 0.951. The molecule has 1 aliphatic carbocycles. The largest absolute Gasteiger partial charge is 0.481 e. The molecule has 1 aromatic rings. The second-order valence-corrected chi connectivity index (χ2v) is 3.82. The van der Waals surface area contributed by atoms with Gasteiger partial charge in [-0.1, -0.05) is 6.07 Å². The second-order valence-electron chi connectivity index (χ2n) is 3.82. The zero-order valence-corrected chi connectivity index (χ0v) is 7.85. The number of carboxylic acid groups (broad SMARTS) is 1. The molecule has 1 fully saturated rings. The van der Waals surface area contributed by atoms with Crippen LogP contribution in [0.5, 0.6) is 0 Å². The first-order valence-corrected chi connectivity index (χ1v) is 4.58. The monoisotopic (exact) mass is 211 g/mol. The Morgan fingerprint density at radius 1 is 1.53 bits per heavy atom. The van der Waals surface area contributed by atoms with Crippen LogP contribution >= 0.6 is 0 Å². The highest BCUT2D eigenvalue weighted by molar-refractivity contribution is 5.82. The van der Waals surface area contributed by atoms with Crippen molar-refractivity contribution in [2.45, 2.75) is 24.4 Å². The van der Waals surface area contributed by atoms with Crippen molar-refractivity contribution in [2.75, 3.05) is 0 Å². The first-order chi connectivity index (χ1) is 7.04. The van der Waals surface area contributed by atoms with Crippen molar-refractivity contribution >= 4 is 5.97 Å². The Labute approximate surface area is 85.4 Å². The summed E-state index contributed by atoms with van der Waals surface area (Å²) < 4.78 is 12.6. The predicted molar refractivity (Wildman–Crippen MR) is 48.7 cm³/mol. The van der Waals surface area contributed by atoms with Gasteiger partial charge in [0.15, 0.2) is 0 Å². The molecular formula is C10H10FNO3. The van der Waals surface area contributed by atoms with Crippen molar-refractivity contribution in [1.29, 1.82) is 0 Å². The number of aliphatic hydroxyl groups excluding tert-OH is 1. The number of aliphatic hydroxyl groups is 1. The molecule has 0 bridgehead atoms. The van der Waals surface area contributed by atoms with E-state index in [0.717, 1.165) is 6.07 Å². The van der Waals surface area contributed by atoms with Crippen LogP contribution in [0.15, 0.2) is 18.3 Å². The number of pyridine rings is 1. The van der Waals surface area contributed by atoms with Crippen LogP contribution in [-0.4, -0.2) is 27.3 Å². The van der Waals surface area contributed by atoms with Crippen molar-refractivity contribution in [3.8, 4) is 0 Å². The summed E-state index contributed by atoms with van der Waals surface area (Å²) in [4.78, 5) is 14.5. The number of hydrogen-bond donors (Lipinski definition) is 2. The minimum Gasteiger partial charge on any atom is -0.481 e. The minimum atomic E-state index is -1.08. The molecule has 2 rings (SSSR count). The van der Waals surface area contributed by atoms with Gasteiger partial charge < -0.3 is 10.2 Å². The van der Waals surface area contributed by atoms with E-state index in [9.17, 15) is 14.3 Å². The highest BCUT2D eigenvalue weighted by Crippen LogP contribution is 2.43. The number of carboxylic acids is 1. The molecule has 80 valence electrons. The molecule has 0 saturated heterocycles. The molecule has 0 atom stereocenters. The minimum absolute atomic E-state index is 0.162. The lowest BCUT2D eigenvalue weighted by Gasteiger charge is -2.41. The topological polar surface area (TPSA) is 70.4 Å². The van der Waals surface area contributed by atoms with Gasteiger partial charge in [-0.15, -0.1) is 0 Å². The maximum Gasteiger partial charge on any atom is 0.314 e. The number of aromatic nitrogens is 1. The summed E-state index contributed by atoms with van der Waals surface area (Å²) in [5.41, 5.74) is -0.637. The molecule has 1 aliphatic rings. The Kier molecular flexibility index (Phi) is 2.19. The Balaban J connectivity index is 2.34. The van der Waals surface area contributed by atoms with Gasteiger partial charge in [-0.2, -0.15) is 4.39 Å². The number of aliphatic carboxylic acids is 1. The van der Waals surface area contributed by atoms with Crippen molar-refractivity contribution < 1.29 is 19.4 Å². The predicted octanol–water partition coefficient (Wildman–Crippen LogP) is 0.698. The molecule has 1 saturated carbocycles. The summed E-state index contributed by atoms with van der Waals surface area (Å²) >= 11 is 0. The zero-order valence-electron chi connectivity index (χ0n) is 7.85. The maximum atomic E-state index is 12.6. The van der Waals surface area contributed by atoms with Crippen LogP contribution in [0.4, 0.5) is 4.39 Å². The van der Waals surface area contributed by atoms with E-state index in [4.69, 9.17) is 5.11 Å². The molecule has 0 amide bonds. The third-order valence-electron chi connectivity index (χ3n) is 2.86. The normalized spacial score (nSPS) is 29.6. The third-order valence-corrected chi connectivity index (χ3v) is 2.86. The standard InChI is InChI=1S/C10H10FNO3/c11-8-2-1-6(5-12-8)10(9(14)15)3-7(13)4-10/h1-2,5,7,13H,3-4H2,(H,14,15). The molecule has 2 N–H and O–H groups in total. The van der Waals surface area contributed by atoms with Gasteiger partial charge >= 0.3 is 5.97 Å². The highest BCUT2D eigenvalue weighted by atomic mass is 19.1. The fourth-order valence-corrected chi connectivity index (χ4v) is 1.94. The SMILES string of the molecule is O=C(O)C1(c2ccc(F)nc2)CC(O)C1. The van der Waals surface area contributed by atoms with E-state index < -0.39 is 23.4 Å². The maximum absolute atomic E-state index is 12.6. The van der Waals surface area contributed by atoms with Crippen molar-refractivity contribution in [1.82, 2.24) is 4.98 Å². The molecule has 4 nitrogen and oxygen atoms in total. The van der Waals surface area contributed by atoms with Crippen LogP contribution < -0.4 is 0 Å². The van der Waals surface area contributed by atoms with Gasteiger partial charge in [-0.05, 0) is 24.5 Å². The molecule has 15 heavy (non-hydrogen) atoms. The lowest BCUT2D eigenvalue weighted by molar-refractivity contribution is -0.152. The van der Waals surface area contributed by atoms with Crippen LogP contribution in [0.3, 0.4) is 0 Å². The molecule has 1 aromatic heterocycles. The molecule has 1 heterocycles. The second kappa shape index (κ2) is 3.27. The van der Waals surface area contributed by atoms with E-state index in [0.29, 0.717) is 5.56 Å². The van der Waals surface area contributed by atoms with Crippen molar-refractivity contribution in [2.24, 2.45) is 0 Å². The molecule has 0 unspecified atom stereocenters. The molecule has 0 aromatic carbocycles. The van der Waals surface area contributed by atoms with Crippen LogP contribution in [0.1, 0.15) is 18.4 Å². The summed E-state index contributed by atoms with van der Waals surface area (Å²) in [6, 6.07) is 2.53. The molecule has 5 heteroatoms. The van der Waals surface area contributed by atoms with Gasteiger partial charge in [-0.25, -0.2) is 4.98 Å². The third kappa shape index (κ3) is 1.48. The van der Waals surface area contributed by atoms with Crippen molar-refractivity contribution in [3.63, 3.8) is 0 Å². The van der Waals surface area contributed by atoms with Crippen LogP contribution in [0.25, 0.3) is 0 Å². The Hall–Kier alpha value is -1.49. The average molecular weight is 211 g/mol. The Morgan fingerprint density at radius 3 is 2.60 bits per heavy atom. The number of nitrogens with zero attached hydrogens (tertiary/aromatic N) is 1. The summed E-state index contributed by atoms with van der Waals surface area (Å²) in [5, 5.41) is 18.3. The summed E-state index contributed by atoms with van der Waals surface area (Å²) in [6.45, 7) is 0. The fraction of sp³-hybridized carbons (Fsp3) is 0.400. The van der Waals surface area contributed by atoms with E-state index in [-0.39, 0.29) is 12.8 Å². The first-order valence-electron chi connectivity index (χ1n) is 4.58. The quantitative estimate of drug-likeness (QED) is 0.706.